The molecule has 150 valence electrons. The maximum Gasteiger partial charge on any atom is 0.336 e. The van der Waals surface area contributed by atoms with Crippen LogP contribution in [0.3, 0.4) is 0 Å². The number of hydrogen-bond donors (Lipinski definition) is 0. The standard InChI is InChI=1S/C23H22ClNO4/c1-15(16-9-5-4-6-10-16)25-13-18(22(26)28-2)21(19(14-25)23(27)29-3)17-11-7-8-12-20(17)24/h4-15,21H,1-3H3. The molecule has 1 heterocycles. The SMILES string of the molecule is COC(=O)C1=CN(C(C)c2ccccc2)C=C(C(=O)OC)C1c1ccccc1Cl. The number of esters is 2. The van der Waals surface area contributed by atoms with E-state index in [1.54, 1.807) is 30.6 Å². The van der Waals surface area contributed by atoms with Crippen molar-refractivity contribution < 1.29 is 19.1 Å². The summed E-state index contributed by atoms with van der Waals surface area (Å²) in [6.07, 6.45) is 3.42. The molecule has 0 aliphatic carbocycles. The quantitative estimate of drug-likeness (QED) is 0.672. The van der Waals surface area contributed by atoms with Gasteiger partial charge in [-0.3, -0.25) is 0 Å². The van der Waals surface area contributed by atoms with Crippen LogP contribution in [-0.2, 0) is 19.1 Å². The number of halogens is 1. The maximum atomic E-state index is 12.7. The van der Waals surface area contributed by atoms with Crippen LogP contribution >= 0.6 is 11.6 Å². The second kappa shape index (κ2) is 8.97. The summed E-state index contributed by atoms with van der Waals surface area (Å²) >= 11 is 6.41. The van der Waals surface area contributed by atoms with E-state index in [1.807, 2.05) is 48.2 Å². The van der Waals surface area contributed by atoms with Gasteiger partial charge in [0.1, 0.15) is 0 Å². The minimum absolute atomic E-state index is 0.122. The third kappa shape index (κ3) is 4.20. The monoisotopic (exact) mass is 411 g/mol. The highest BCUT2D eigenvalue weighted by molar-refractivity contribution is 6.31. The van der Waals surface area contributed by atoms with Crippen molar-refractivity contribution in [2.45, 2.75) is 18.9 Å². The minimum Gasteiger partial charge on any atom is -0.466 e. The number of hydrogen-bond acceptors (Lipinski definition) is 5. The number of carbonyl (C=O) groups is 2. The molecule has 2 aromatic carbocycles. The summed E-state index contributed by atoms with van der Waals surface area (Å²) < 4.78 is 10.0. The third-order valence-corrected chi connectivity index (χ3v) is 5.33. The van der Waals surface area contributed by atoms with Gasteiger partial charge >= 0.3 is 11.9 Å². The molecule has 0 radical (unpaired) electrons. The lowest BCUT2D eigenvalue weighted by Gasteiger charge is -2.33. The Balaban J connectivity index is 2.15. The summed E-state index contributed by atoms with van der Waals surface area (Å²) in [5.74, 6) is -1.76. The van der Waals surface area contributed by atoms with Crippen molar-refractivity contribution in [3.63, 3.8) is 0 Å². The highest BCUT2D eigenvalue weighted by atomic mass is 35.5. The molecule has 0 amide bonds. The van der Waals surface area contributed by atoms with Gasteiger partial charge < -0.3 is 14.4 Å². The number of nitrogens with zero attached hydrogens (tertiary/aromatic N) is 1. The molecular weight excluding hydrogens is 390 g/mol. The molecule has 0 aromatic heterocycles. The summed E-state index contributed by atoms with van der Waals surface area (Å²) in [5, 5.41) is 0.451. The Labute approximate surface area is 175 Å². The zero-order valence-electron chi connectivity index (χ0n) is 16.5. The molecule has 5 nitrogen and oxygen atoms in total. The van der Waals surface area contributed by atoms with E-state index in [2.05, 4.69) is 0 Å². The zero-order valence-corrected chi connectivity index (χ0v) is 17.2. The molecule has 0 fully saturated rings. The molecule has 0 saturated carbocycles. The Hall–Kier alpha value is -3.05. The Morgan fingerprint density at radius 1 is 0.897 bits per heavy atom. The first-order valence-corrected chi connectivity index (χ1v) is 9.52. The molecule has 1 aliphatic rings. The molecule has 29 heavy (non-hydrogen) atoms. The molecule has 0 saturated heterocycles. The van der Waals surface area contributed by atoms with Crippen molar-refractivity contribution in [1.82, 2.24) is 4.90 Å². The van der Waals surface area contributed by atoms with Gasteiger partial charge in [0.05, 0.1) is 37.3 Å². The summed E-state index contributed by atoms with van der Waals surface area (Å²) in [7, 11) is 2.63. The van der Waals surface area contributed by atoms with Crippen LogP contribution in [0, 0.1) is 0 Å². The summed E-state index contributed by atoms with van der Waals surface area (Å²) in [4.78, 5) is 27.2. The predicted molar refractivity (Wildman–Crippen MR) is 111 cm³/mol. The molecular formula is C23H22ClNO4. The molecule has 1 aliphatic heterocycles. The summed E-state index contributed by atoms with van der Waals surface area (Å²) in [5.41, 5.74) is 2.29. The van der Waals surface area contributed by atoms with Crippen LogP contribution in [0.5, 0.6) is 0 Å². The van der Waals surface area contributed by atoms with Crippen LogP contribution in [0.1, 0.15) is 30.0 Å². The molecule has 1 unspecified atom stereocenters. The van der Waals surface area contributed by atoms with E-state index in [0.29, 0.717) is 21.7 Å². The Bertz CT molecular complexity index is 934. The van der Waals surface area contributed by atoms with Gasteiger partial charge in [-0.1, -0.05) is 60.1 Å². The van der Waals surface area contributed by atoms with Gasteiger partial charge in [0.15, 0.2) is 0 Å². The van der Waals surface area contributed by atoms with Crippen LogP contribution in [0.25, 0.3) is 0 Å². The van der Waals surface area contributed by atoms with E-state index in [4.69, 9.17) is 21.1 Å². The lowest BCUT2D eigenvalue weighted by Crippen LogP contribution is -2.30. The molecule has 3 rings (SSSR count). The van der Waals surface area contributed by atoms with E-state index in [-0.39, 0.29) is 6.04 Å². The first-order valence-electron chi connectivity index (χ1n) is 9.14. The number of carbonyl (C=O) groups excluding carboxylic acids is 2. The van der Waals surface area contributed by atoms with Crippen molar-refractivity contribution in [2.75, 3.05) is 14.2 Å². The van der Waals surface area contributed by atoms with Gasteiger partial charge in [-0.15, -0.1) is 0 Å². The average Bonchev–Trinajstić information content (AvgIpc) is 2.77. The largest absolute Gasteiger partial charge is 0.466 e. The van der Waals surface area contributed by atoms with E-state index >= 15 is 0 Å². The zero-order chi connectivity index (χ0) is 21.0. The van der Waals surface area contributed by atoms with Gasteiger partial charge in [-0.25, -0.2) is 9.59 Å². The normalized spacial score (nSPS) is 15.2. The topological polar surface area (TPSA) is 55.8 Å². The van der Waals surface area contributed by atoms with Gasteiger partial charge in [0, 0.05) is 17.4 Å². The molecule has 0 N–H and O–H groups in total. The number of ether oxygens (including phenoxy) is 2. The lowest BCUT2D eigenvalue weighted by molar-refractivity contribution is -0.137. The van der Waals surface area contributed by atoms with Crippen molar-refractivity contribution >= 4 is 23.5 Å². The van der Waals surface area contributed by atoms with Gasteiger partial charge in [-0.05, 0) is 24.1 Å². The van der Waals surface area contributed by atoms with Crippen molar-refractivity contribution in [2.24, 2.45) is 0 Å². The Morgan fingerprint density at radius 2 is 1.41 bits per heavy atom. The van der Waals surface area contributed by atoms with Crippen molar-refractivity contribution in [3.05, 3.63) is 94.3 Å². The van der Waals surface area contributed by atoms with Gasteiger partial charge in [0.25, 0.3) is 0 Å². The van der Waals surface area contributed by atoms with Crippen LogP contribution in [0.4, 0.5) is 0 Å². The maximum absolute atomic E-state index is 12.7. The fourth-order valence-electron chi connectivity index (χ4n) is 3.42. The molecule has 2 aromatic rings. The van der Waals surface area contributed by atoms with Gasteiger partial charge in [-0.2, -0.15) is 0 Å². The third-order valence-electron chi connectivity index (χ3n) is 4.99. The van der Waals surface area contributed by atoms with E-state index in [9.17, 15) is 9.59 Å². The molecule has 0 spiro atoms. The second-order valence-corrected chi connectivity index (χ2v) is 7.05. The highest BCUT2D eigenvalue weighted by Gasteiger charge is 2.37. The van der Waals surface area contributed by atoms with E-state index in [1.165, 1.54) is 14.2 Å². The first-order chi connectivity index (χ1) is 14.0. The average molecular weight is 412 g/mol. The first kappa shape index (κ1) is 20.7. The summed E-state index contributed by atoms with van der Waals surface area (Å²) in [6, 6.07) is 16.8. The van der Waals surface area contributed by atoms with Crippen LogP contribution in [0.15, 0.2) is 78.1 Å². The fraction of sp³-hybridized carbons (Fsp3) is 0.217. The van der Waals surface area contributed by atoms with Crippen LogP contribution in [0.2, 0.25) is 5.02 Å². The highest BCUT2D eigenvalue weighted by Crippen LogP contribution is 2.41. The number of rotatable bonds is 5. The van der Waals surface area contributed by atoms with Crippen LogP contribution < -0.4 is 0 Å². The van der Waals surface area contributed by atoms with Crippen LogP contribution in [-0.4, -0.2) is 31.1 Å². The number of benzene rings is 2. The fourth-order valence-corrected chi connectivity index (χ4v) is 3.67. The lowest BCUT2D eigenvalue weighted by atomic mass is 9.83. The predicted octanol–water partition coefficient (Wildman–Crippen LogP) is 4.61. The minimum atomic E-state index is -0.692. The van der Waals surface area contributed by atoms with E-state index < -0.39 is 17.9 Å². The van der Waals surface area contributed by atoms with Gasteiger partial charge in [0.2, 0.25) is 0 Å². The summed E-state index contributed by atoms with van der Waals surface area (Å²) in [6.45, 7) is 1.99. The van der Waals surface area contributed by atoms with Crippen molar-refractivity contribution in [3.8, 4) is 0 Å². The smallest absolute Gasteiger partial charge is 0.336 e. The molecule has 6 heteroatoms. The molecule has 1 atom stereocenters. The Morgan fingerprint density at radius 3 is 1.93 bits per heavy atom. The van der Waals surface area contributed by atoms with E-state index in [0.717, 1.165) is 5.56 Å². The van der Waals surface area contributed by atoms with Crippen molar-refractivity contribution in [1.29, 1.82) is 0 Å². The Kier molecular flexibility index (Phi) is 6.39. The molecule has 0 bridgehead atoms. The second-order valence-electron chi connectivity index (χ2n) is 6.64. The number of methoxy groups -OCH3 is 2.